The number of hydrogen-bond acceptors (Lipinski definition) is 4. The summed E-state index contributed by atoms with van der Waals surface area (Å²) >= 11 is 0. The molecule has 1 aliphatic heterocycles. The van der Waals surface area contributed by atoms with Crippen LogP contribution in [0.5, 0.6) is 0 Å². The molecule has 0 spiro atoms. The third kappa shape index (κ3) is 2.92. The molecule has 0 amide bonds. The molecule has 1 aliphatic rings. The maximum Gasteiger partial charge on any atom is 0.243 e. The predicted octanol–water partition coefficient (Wildman–Crippen LogP) is 2.18. The zero-order valence-electron chi connectivity index (χ0n) is 12.1. The van der Waals surface area contributed by atoms with E-state index in [1.807, 2.05) is 13.0 Å². The Labute approximate surface area is 125 Å². The van der Waals surface area contributed by atoms with Gasteiger partial charge in [0.2, 0.25) is 10.0 Å². The van der Waals surface area contributed by atoms with E-state index in [0.29, 0.717) is 37.1 Å². The van der Waals surface area contributed by atoms with Crippen LogP contribution in [-0.4, -0.2) is 25.8 Å². The standard InChI is InChI=1S/C15H17N3O2S/c1-12-3-4-13(10-16)9-14(12)21(19,20)18-7-5-15(2,11-17)6-8-18/h3-4,9H,5-8H2,1-2H3. The normalized spacial score (nSPS) is 18.7. The van der Waals surface area contributed by atoms with Crippen LogP contribution in [-0.2, 0) is 10.0 Å². The molecule has 21 heavy (non-hydrogen) atoms. The van der Waals surface area contributed by atoms with Crippen molar-refractivity contribution >= 4 is 10.0 Å². The van der Waals surface area contributed by atoms with Crippen LogP contribution in [0.25, 0.3) is 0 Å². The summed E-state index contributed by atoms with van der Waals surface area (Å²) in [5.41, 5.74) is 0.510. The van der Waals surface area contributed by atoms with E-state index in [-0.39, 0.29) is 4.90 Å². The molecule has 1 aromatic rings. The quantitative estimate of drug-likeness (QED) is 0.838. The number of piperidine rings is 1. The fourth-order valence-corrected chi connectivity index (χ4v) is 4.11. The minimum absolute atomic E-state index is 0.183. The second-order valence-corrected chi connectivity index (χ2v) is 7.57. The molecule has 5 nitrogen and oxygen atoms in total. The van der Waals surface area contributed by atoms with Crippen molar-refractivity contribution in [1.82, 2.24) is 4.31 Å². The van der Waals surface area contributed by atoms with E-state index in [9.17, 15) is 8.42 Å². The summed E-state index contributed by atoms with van der Waals surface area (Å²) < 4.78 is 26.8. The Morgan fingerprint density at radius 1 is 1.24 bits per heavy atom. The lowest BCUT2D eigenvalue weighted by Crippen LogP contribution is -2.41. The van der Waals surface area contributed by atoms with Crippen molar-refractivity contribution in [2.45, 2.75) is 31.6 Å². The van der Waals surface area contributed by atoms with Gasteiger partial charge in [-0.25, -0.2) is 8.42 Å². The van der Waals surface area contributed by atoms with E-state index in [2.05, 4.69) is 6.07 Å². The Bertz CT molecular complexity index is 733. The summed E-state index contributed by atoms with van der Waals surface area (Å²) in [7, 11) is -3.61. The van der Waals surface area contributed by atoms with Gasteiger partial charge < -0.3 is 0 Å². The van der Waals surface area contributed by atoms with Crippen molar-refractivity contribution in [2.24, 2.45) is 5.41 Å². The molecule has 6 heteroatoms. The van der Waals surface area contributed by atoms with E-state index < -0.39 is 15.4 Å². The molecular formula is C15H17N3O2S. The lowest BCUT2D eigenvalue weighted by molar-refractivity contribution is 0.232. The van der Waals surface area contributed by atoms with Crippen molar-refractivity contribution < 1.29 is 8.42 Å². The van der Waals surface area contributed by atoms with Crippen LogP contribution in [0.1, 0.15) is 30.9 Å². The first kappa shape index (κ1) is 15.5. The van der Waals surface area contributed by atoms with Gasteiger partial charge in [0.25, 0.3) is 0 Å². The van der Waals surface area contributed by atoms with E-state index >= 15 is 0 Å². The Morgan fingerprint density at radius 3 is 2.38 bits per heavy atom. The fourth-order valence-electron chi connectivity index (χ4n) is 2.42. The Kier molecular flexibility index (Phi) is 4.04. The highest BCUT2D eigenvalue weighted by Crippen LogP contribution is 2.33. The molecule has 1 fully saturated rings. The van der Waals surface area contributed by atoms with Crippen molar-refractivity contribution in [3.63, 3.8) is 0 Å². The number of rotatable bonds is 2. The Hall–Kier alpha value is -1.89. The molecule has 110 valence electrons. The minimum atomic E-state index is -3.61. The van der Waals surface area contributed by atoms with Gasteiger partial charge in [-0.05, 0) is 44.4 Å². The first-order valence-electron chi connectivity index (χ1n) is 6.74. The molecule has 0 atom stereocenters. The van der Waals surface area contributed by atoms with Crippen LogP contribution in [0.15, 0.2) is 23.1 Å². The third-order valence-electron chi connectivity index (χ3n) is 4.03. The number of aryl methyl sites for hydroxylation is 1. The first-order valence-corrected chi connectivity index (χ1v) is 8.18. The van der Waals surface area contributed by atoms with Crippen molar-refractivity contribution in [2.75, 3.05) is 13.1 Å². The highest BCUT2D eigenvalue weighted by Gasteiger charge is 2.36. The minimum Gasteiger partial charge on any atom is -0.207 e. The molecule has 1 heterocycles. The third-order valence-corrected chi connectivity index (χ3v) is 6.07. The van der Waals surface area contributed by atoms with Gasteiger partial charge in [-0.3, -0.25) is 0 Å². The van der Waals surface area contributed by atoms with Crippen LogP contribution >= 0.6 is 0 Å². The van der Waals surface area contributed by atoms with Gasteiger partial charge in [-0.2, -0.15) is 14.8 Å². The molecule has 0 N–H and O–H groups in total. The topological polar surface area (TPSA) is 85.0 Å². The van der Waals surface area contributed by atoms with E-state index in [0.717, 1.165) is 0 Å². The molecule has 0 radical (unpaired) electrons. The molecule has 0 unspecified atom stereocenters. The van der Waals surface area contributed by atoms with Crippen LogP contribution in [0.3, 0.4) is 0 Å². The number of benzene rings is 1. The van der Waals surface area contributed by atoms with Crippen molar-refractivity contribution in [3.05, 3.63) is 29.3 Å². The monoisotopic (exact) mass is 303 g/mol. The van der Waals surface area contributed by atoms with Crippen LogP contribution in [0.2, 0.25) is 0 Å². The molecule has 0 bridgehead atoms. The molecular weight excluding hydrogens is 286 g/mol. The van der Waals surface area contributed by atoms with Gasteiger partial charge >= 0.3 is 0 Å². The molecule has 0 aliphatic carbocycles. The highest BCUT2D eigenvalue weighted by molar-refractivity contribution is 7.89. The fraction of sp³-hybridized carbons (Fsp3) is 0.467. The van der Waals surface area contributed by atoms with Crippen LogP contribution in [0, 0.1) is 35.0 Å². The molecule has 1 saturated heterocycles. The summed E-state index contributed by atoms with van der Waals surface area (Å²) in [4.78, 5) is 0.183. The van der Waals surface area contributed by atoms with Crippen molar-refractivity contribution in [1.29, 1.82) is 10.5 Å². The van der Waals surface area contributed by atoms with E-state index in [1.165, 1.54) is 10.4 Å². The van der Waals surface area contributed by atoms with Gasteiger partial charge in [-0.15, -0.1) is 0 Å². The molecule has 0 aromatic heterocycles. The average Bonchev–Trinajstić information content (AvgIpc) is 2.48. The average molecular weight is 303 g/mol. The van der Waals surface area contributed by atoms with Gasteiger partial charge in [0.15, 0.2) is 0 Å². The van der Waals surface area contributed by atoms with Crippen LogP contribution < -0.4 is 0 Å². The number of sulfonamides is 1. The zero-order chi connectivity index (χ0) is 15.7. The summed E-state index contributed by atoms with van der Waals surface area (Å²) in [6.07, 6.45) is 1.05. The Morgan fingerprint density at radius 2 is 1.86 bits per heavy atom. The smallest absolute Gasteiger partial charge is 0.207 e. The zero-order valence-corrected chi connectivity index (χ0v) is 12.9. The largest absolute Gasteiger partial charge is 0.243 e. The summed E-state index contributed by atoms with van der Waals surface area (Å²) in [5, 5.41) is 18.0. The van der Waals surface area contributed by atoms with Crippen LogP contribution in [0.4, 0.5) is 0 Å². The molecule has 2 rings (SSSR count). The lowest BCUT2D eigenvalue weighted by Gasteiger charge is -2.34. The van der Waals surface area contributed by atoms with Gasteiger partial charge in [0.05, 0.1) is 28.0 Å². The van der Waals surface area contributed by atoms with E-state index in [1.54, 1.807) is 19.1 Å². The van der Waals surface area contributed by atoms with Gasteiger partial charge in [0, 0.05) is 13.1 Å². The maximum absolute atomic E-state index is 12.7. The Balaban J connectivity index is 2.33. The van der Waals surface area contributed by atoms with Gasteiger partial charge in [0.1, 0.15) is 0 Å². The SMILES string of the molecule is Cc1ccc(C#N)cc1S(=O)(=O)N1CCC(C)(C#N)CC1. The molecule has 1 aromatic carbocycles. The highest BCUT2D eigenvalue weighted by atomic mass is 32.2. The van der Waals surface area contributed by atoms with Gasteiger partial charge in [-0.1, -0.05) is 6.07 Å². The first-order chi connectivity index (χ1) is 9.82. The number of hydrogen-bond donors (Lipinski definition) is 0. The van der Waals surface area contributed by atoms with Crippen molar-refractivity contribution in [3.8, 4) is 12.1 Å². The summed E-state index contributed by atoms with van der Waals surface area (Å²) in [6, 6.07) is 8.90. The second-order valence-electron chi connectivity index (χ2n) is 5.67. The lowest BCUT2D eigenvalue weighted by atomic mass is 9.83. The summed E-state index contributed by atoms with van der Waals surface area (Å²) in [5.74, 6) is 0. The molecule has 0 saturated carbocycles. The number of nitrogens with zero attached hydrogens (tertiary/aromatic N) is 3. The van der Waals surface area contributed by atoms with E-state index in [4.69, 9.17) is 10.5 Å². The second kappa shape index (κ2) is 5.48. The summed E-state index contributed by atoms with van der Waals surface area (Å²) in [6.45, 7) is 4.25. The maximum atomic E-state index is 12.7. The number of nitriles is 2. The predicted molar refractivity (Wildman–Crippen MR) is 77.6 cm³/mol.